The molecule has 2 amide bonds. The van der Waals surface area contributed by atoms with Gasteiger partial charge in [-0.2, -0.15) is 18.2 Å². The predicted molar refractivity (Wildman–Crippen MR) is 194 cm³/mol. The Kier molecular flexibility index (Phi) is 8.98. The number of pyridine rings is 1. The van der Waals surface area contributed by atoms with E-state index in [-0.39, 0.29) is 37.7 Å². The lowest BCUT2D eigenvalue weighted by Crippen LogP contribution is -2.53. The number of nitrogens with one attached hydrogen (secondary N) is 1. The first-order chi connectivity index (χ1) is 26.4. The Balaban J connectivity index is 1.37. The fourth-order valence-corrected chi connectivity index (χ4v) is 8.53. The van der Waals surface area contributed by atoms with Crippen LogP contribution in [0.15, 0.2) is 112 Å². The van der Waals surface area contributed by atoms with Crippen LogP contribution in [-0.2, 0) is 27.7 Å². The van der Waals surface area contributed by atoms with Crippen molar-refractivity contribution in [1.82, 2.24) is 23.9 Å². The van der Waals surface area contributed by atoms with Crippen molar-refractivity contribution >= 4 is 40.8 Å². The minimum absolute atomic E-state index is 0.0630. The number of amides is 2. The first-order valence-corrected chi connectivity index (χ1v) is 17.8. The highest BCUT2D eigenvalue weighted by Gasteiger charge is 2.69. The summed E-state index contributed by atoms with van der Waals surface area (Å²) in [6.07, 6.45) is -2.62. The minimum Gasteiger partial charge on any atom is -0.491 e. The summed E-state index contributed by atoms with van der Waals surface area (Å²) >= 11 is 12.6. The number of allylic oxidation sites excluding steroid dienone is 2. The maximum atomic E-state index is 15.4. The molecule has 0 spiro atoms. The van der Waals surface area contributed by atoms with E-state index in [0.717, 1.165) is 4.57 Å². The summed E-state index contributed by atoms with van der Waals surface area (Å²) in [6.45, 7) is -0.506. The topological polar surface area (TPSA) is 141 Å². The number of hydrogen-bond acceptors (Lipinski definition) is 8. The van der Waals surface area contributed by atoms with Gasteiger partial charge in [0, 0.05) is 22.7 Å². The van der Waals surface area contributed by atoms with E-state index in [9.17, 15) is 32.7 Å². The Bertz CT molecular complexity index is 2500. The normalized spacial score (nSPS) is 21.8. The van der Waals surface area contributed by atoms with Crippen molar-refractivity contribution in [2.24, 2.45) is 5.92 Å². The predicted octanol–water partition coefficient (Wildman–Crippen LogP) is 5.51. The second-order valence-corrected chi connectivity index (χ2v) is 14.1. The van der Waals surface area contributed by atoms with Gasteiger partial charge in [-0.05, 0) is 54.0 Å². The SMILES string of the molecule is O=C1[C@@H]2C[C@@H]3C(=CCn4c(=O)n(-c5ccccc5)c(=O)n43)[C@H](c3ccccc3OCCO)[C@]2(c2ccc(Cl)cc2)C(=O)N1Nc1ncc(C(F)(F)F)cc1Cl. The molecule has 0 unspecified atom stereocenters. The second-order valence-electron chi connectivity index (χ2n) is 13.2. The standard InChI is InChI=1S/C38H29Cl2F3N6O6/c39-23-12-10-21(11-13-23)37-27(33(51)48(34(37)52)45-32-28(40)18-22(20-44-32)38(41,42)43)19-29-25(31(37)26-8-4-5-9-30(26)55-17-16-50)14-15-46-35(53)47(36(54)49(29)46)24-6-2-1-3-7-24/h1-14,18,20,27,29,31,50H,15-17,19H2,(H,44,45)/t27-,29+,31+,37+/m0/s1. The van der Waals surface area contributed by atoms with Gasteiger partial charge in [0.1, 0.15) is 12.4 Å². The molecule has 0 radical (unpaired) electrons. The molecule has 4 heterocycles. The molecule has 12 nitrogen and oxygen atoms in total. The van der Waals surface area contributed by atoms with Crippen LogP contribution >= 0.6 is 23.2 Å². The van der Waals surface area contributed by atoms with E-state index in [0.29, 0.717) is 44.7 Å². The van der Waals surface area contributed by atoms with Crippen molar-refractivity contribution in [3.8, 4) is 11.4 Å². The van der Waals surface area contributed by atoms with Gasteiger partial charge in [-0.3, -0.25) is 15.0 Å². The molecule has 0 bridgehead atoms. The zero-order valence-electron chi connectivity index (χ0n) is 28.4. The number of aliphatic hydroxyl groups excluding tert-OH is 1. The van der Waals surface area contributed by atoms with Crippen LogP contribution in [0.5, 0.6) is 5.75 Å². The zero-order chi connectivity index (χ0) is 38.8. The van der Waals surface area contributed by atoms with E-state index in [1.807, 2.05) is 0 Å². The third kappa shape index (κ3) is 5.67. The number of carbonyl (C=O) groups is 2. The first kappa shape index (κ1) is 36.3. The minimum atomic E-state index is -4.76. The number of benzene rings is 3. The number of aromatic nitrogens is 4. The highest BCUT2D eigenvalue weighted by molar-refractivity contribution is 6.33. The van der Waals surface area contributed by atoms with Gasteiger partial charge in [0.05, 0.1) is 46.8 Å². The van der Waals surface area contributed by atoms with E-state index in [1.165, 1.54) is 9.36 Å². The summed E-state index contributed by atoms with van der Waals surface area (Å²) in [5.74, 6) is -3.99. The van der Waals surface area contributed by atoms with Crippen LogP contribution in [0.25, 0.3) is 5.69 Å². The number of aliphatic hydroxyl groups is 1. The van der Waals surface area contributed by atoms with Gasteiger partial charge in [0.2, 0.25) is 0 Å². The number of ether oxygens (including phenoxy) is 1. The van der Waals surface area contributed by atoms with Crippen LogP contribution < -0.4 is 21.5 Å². The number of rotatable bonds is 8. The maximum absolute atomic E-state index is 15.4. The van der Waals surface area contributed by atoms with E-state index in [4.69, 9.17) is 27.9 Å². The lowest BCUT2D eigenvalue weighted by molar-refractivity contribution is -0.139. The molecule has 2 aliphatic heterocycles. The molecule has 3 aromatic carbocycles. The number of alkyl halides is 3. The maximum Gasteiger partial charge on any atom is 0.417 e. The van der Waals surface area contributed by atoms with Crippen molar-refractivity contribution in [2.75, 3.05) is 18.6 Å². The molecular formula is C38H29Cl2F3N6O6. The lowest BCUT2D eigenvalue weighted by Gasteiger charge is -2.49. The third-order valence-corrected chi connectivity index (χ3v) is 11.0. The summed E-state index contributed by atoms with van der Waals surface area (Å²) in [5.41, 5.74) is 0.0826. The Labute approximate surface area is 319 Å². The highest BCUT2D eigenvalue weighted by atomic mass is 35.5. The molecule has 17 heteroatoms. The molecule has 2 N–H and O–H groups in total. The molecule has 2 fully saturated rings. The molecule has 5 aromatic rings. The van der Waals surface area contributed by atoms with Crippen LogP contribution in [0.3, 0.4) is 0 Å². The zero-order valence-corrected chi connectivity index (χ0v) is 29.9. The monoisotopic (exact) mass is 792 g/mol. The molecule has 1 aliphatic carbocycles. The highest BCUT2D eigenvalue weighted by Crippen LogP contribution is 2.63. The molecule has 1 saturated carbocycles. The molecule has 4 atom stereocenters. The molecule has 3 aliphatic rings. The van der Waals surface area contributed by atoms with Gasteiger partial charge < -0.3 is 9.84 Å². The Hall–Kier alpha value is -5.64. The number of imide groups is 1. The largest absolute Gasteiger partial charge is 0.491 e. The quantitative estimate of drug-likeness (QED) is 0.155. The number of carbonyl (C=O) groups excluding carboxylic acids is 2. The number of para-hydroxylation sites is 2. The molecule has 2 aromatic heterocycles. The summed E-state index contributed by atoms with van der Waals surface area (Å²) in [5, 5.41) is 10.2. The van der Waals surface area contributed by atoms with Gasteiger partial charge >= 0.3 is 17.6 Å². The van der Waals surface area contributed by atoms with Crippen LogP contribution in [0.4, 0.5) is 19.0 Å². The van der Waals surface area contributed by atoms with Gasteiger partial charge in [-0.25, -0.2) is 28.5 Å². The van der Waals surface area contributed by atoms with Crippen molar-refractivity contribution < 1.29 is 32.6 Å². The van der Waals surface area contributed by atoms with Crippen molar-refractivity contribution in [3.05, 3.63) is 150 Å². The summed E-state index contributed by atoms with van der Waals surface area (Å²) in [6, 6.07) is 21.2. The number of hydrazine groups is 1. The van der Waals surface area contributed by atoms with E-state index in [1.54, 1.807) is 84.9 Å². The Morgan fingerprint density at radius 2 is 1.65 bits per heavy atom. The van der Waals surface area contributed by atoms with Crippen LogP contribution in [-0.4, -0.2) is 54.1 Å². The van der Waals surface area contributed by atoms with Crippen molar-refractivity contribution in [1.29, 1.82) is 0 Å². The Morgan fingerprint density at radius 3 is 2.35 bits per heavy atom. The number of nitrogens with zero attached hydrogens (tertiary/aromatic N) is 5. The smallest absolute Gasteiger partial charge is 0.417 e. The van der Waals surface area contributed by atoms with Gasteiger partial charge in [0.15, 0.2) is 5.82 Å². The molecule has 8 rings (SSSR count). The fourth-order valence-electron chi connectivity index (χ4n) is 8.19. The summed E-state index contributed by atoms with van der Waals surface area (Å²) < 4.78 is 50.1. The van der Waals surface area contributed by atoms with Crippen molar-refractivity contribution in [2.45, 2.75) is 36.5 Å². The van der Waals surface area contributed by atoms with E-state index < -0.39 is 63.2 Å². The van der Waals surface area contributed by atoms with Crippen LogP contribution in [0.1, 0.15) is 35.1 Å². The number of anilines is 1. The molecule has 1 saturated heterocycles. The first-order valence-electron chi connectivity index (χ1n) is 17.0. The third-order valence-electron chi connectivity index (χ3n) is 10.4. The molecular weight excluding hydrogens is 764 g/mol. The van der Waals surface area contributed by atoms with E-state index in [2.05, 4.69) is 10.4 Å². The Morgan fingerprint density at radius 1 is 0.945 bits per heavy atom. The van der Waals surface area contributed by atoms with Gasteiger partial charge in [0.25, 0.3) is 11.8 Å². The van der Waals surface area contributed by atoms with Gasteiger partial charge in [-0.15, -0.1) is 0 Å². The number of halogens is 5. The number of fused-ring (bicyclic) bond motifs is 4. The summed E-state index contributed by atoms with van der Waals surface area (Å²) in [4.78, 5) is 62.2. The average Bonchev–Trinajstić information content (AvgIpc) is 3.55. The lowest BCUT2D eigenvalue weighted by atomic mass is 9.53. The van der Waals surface area contributed by atoms with Crippen LogP contribution in [0.2, 0.25) is 10.0 Å². The number of hydrogen-bond donors (Lipinski definition) is 2. The average molecular weight is 794 g/mol. The van der Waals surface area contributed by atoms with Gasteiger partial charge in [-0.1, -0.05) is 77.8 Å². The van der Waals surface area contributed by atoms with E-state index >= 15 is 4.79 Å². The fraction of sp³-hybridized carbons (Fsp3) is 0.237. The molecule has 282 valence electrons. The molecule has 55 heavy (non-hydrogen) atoms. The summed E-state index contributed by atoms with van der Waals surface area (Å²) in [7, 11) is 0. The van der Waals surface area contributed by atoms with Crippen LogP contribution in [0, 0.1) is 5.92 Å². The second kappa shape index (κ2) is 13.6. The van der Waals surface area contributed by atoms with Crippen molar-refractivity contribution in [3.63, 3.8) is 0 Å².